The molecule has 0 bridgehead atoms. The molecule has 0 saturated heterocycles. The average molecular weight is 292 g/mol. The molecule has 0 unspecified atom stereocenters. The Balaban J connectivity index is 1.56. The van der Waals surface area contributed by atoms with Crippen molar-refractivity contribution >= 4 is 6.03 Å². The van der Waals surface area contributed by atoms with Crippen LogP contribution in [0.4, 0.5) is 9.18 Å². The fourth-order valence-electron chi connectivity index (χ4n) is 2.94. The number of halogens is 1. The number of benzene rings is 1. The standard InChI is InChI=1S/C17H25FN2O/c18-16-9-5-4-8-15(16)11-13-20-17(21)19-12-10-14-6-2-1-3-7-14/h4-5,8-9,14H,1-3,6-7,10-13H2,(H2,19,20,21). The number of hydrogen-bond donors (Lipinski definition) is 2. The van der Waals surface area contributed by atoms with Crippen molar-refractivity contribution in [3.05, 3.63) is 35.6 Å². The Morgan fingerprint density at radius 1 is 1.10 bits per heavy atom. The number of carbonyl (C=O) groups excluding carboxylic acids is 1. The summed E-state index contributed by atoms with van der Waals surface area (Å²) in [5.74, 6) is 0.564. The summed E-state index contributed by atoms with van der Waals surface area (Å²) in [6, 6.07) is 6.52. The maximum Gasteiger partial charge on any atom is 0.314 e. The van der Waals surface area contributed by atoms with Gasteiger partial charge in [-0.2, -0.15) is 0 Å². The number of rotatable bonds is 6. The molecule has 0 spiro atoms. The molecule has 2 rings (SSSR count). The molecule has 2 amide bonds. The Labute approximate surface area is 126 Å². The largest absolute Gasteiger partial charge is 0.338 e. The van der Waals surface area contributed by atoms with Crippen LogP contribution in [0.1, 0.15) is 44.1 Å². The second-order valence-electron chi connectivity index (χ2n) is 5.82. The van der Waals surface area contributed by atoms with Crippen LogP contribution in [-0.4, -0.2) is 19.1 Å². The van der Waals surface area contributed by atoms with Crippen LogP contribution >= 0.6 is 0 Å². The first-order chi connectivity index (χ1) is 10.3. The third-order valence-electron chi connectivity index (χ3n) is 4.20. The van der Waals surface area contributed by atoms with E-state index in [4.69, 9.17) is 0 Å². The Morgan fingerprint density at radius 3 is 2.57 bits per heavy atom. The second kappa shape index (κ2) is 8.65. The van der Waals surface area contributed by atoms with Crippen LogP contribution in [0.25, 0.3) is 0 Å². The van der Waals surface area contributed by atoms with Crippen LogP contribution in [0.3, 0.4) is 0 Å². The third kappa shape index (κ3) is 5.74. The Kier molecular flexibility index (Phi) is 6.51. The lowest BCUT2D eigenvalue weighted by atomic mass is 9.87. The van der Waals surface area contributed by atoms with Crippen LogP contribution < -0.4 is 10.6 Å². The zero-order valence-electron chi connectivity index (χ0n) is 12.5. The average Bonchev–Trinajstić information content (AvgIpc) is 2.50. The Morgan fingerprint density at radius 2 is 1.81 bits per heavy atom. The van der Waals surface area contributed by atoms with Gasteiger partial charge in [-0.25, -0.2) is 9.18 Å². The van der Waals surface area contributed by atoms with Gasteiger partial charge < -0.3 is 10.6 Å². The van der Waals surface area contributed by atoms with E-state index < -0.39 is 0 Å². The SMILES string of the molecule is O=C(NCCc1ccccc1F)NCCC1CCCCC1. The van der Waals surface area contributed by atoms with Crippen LogP contribution in [0.5, 0.6) is 0 Å². The molecule has 1 aliphatic carbocycles. The van der Waals surface area contributed by atoms with E-state index in [1.165, 1.54) is 38.2 Å². The molecule has 116 valence electrons. The number of nitrogens with one attached hydrogen (secondary N) is 2. The molecule has 0 aromatic heterocycles. The maximum atomic E-state index is 13.4. The highest BCUT2D eigenvalue weighted by atomic mass is 19.1. The van der Waals surface area contributed by atoms with Crippen LogP contribution in [0, 0.1) is 11.7 Å². The first kappa shape index (κ1) is 15.8. The summed E-state index contributed by atoms with van der Waals surface area (Å²) in [4.78, 5) is 11.6. The number of urea groups is 1. The molecule has 21 heavy (non-hydrogen) atoms. The molecule has 1 aromatic carbocycles. The highest BCUT2D eigenvalue weighted by molar-refractivity contribution is 5.73. The molecule has 1 fully saturated rings. The molecular formula is C17H25FN2O. The summed E-state index contributed by atoms with van der Waals surface area (Å²) < 4.78 is 13.4. The van der Waals surface area contributed by atoms with Gasteiger partial charge in [0.25, 0.3) is 0 Å². The molecule has 1 aliphatic rings. The molecule has 0 heterocycles. The van der Waals surface area contributed by atoms with Crippen molar-refractivity contribution in [3.8, 4) is 0 Å². The molecule has 0 radical (unpaired) electrons. The van der Waals surface area contributed by atoms with E-state index in [0.29, 0.717) is 18.5 Å². The smallest absolute Gasteiger partial charge is 0.314 e. The van der Waals surface area contributed by atoms with Crippen molar-refractivity contribution in [1.82, 2.24) is 10.6 Å². The zero-order chi connectivity index (χ0) is 14.9. The normalized spacial score (nSPS) is 15.7. The van der Waals surface area contributed by atoms with Gasteiger partial charge in [-0.05, 0) is 30.4 Å². The van der Waals surface area contributed by atoms with E-state index in [2.05, 4.69) is 10.6 Å². The number of hydrogen-bond acceptors (Lipinski definition) is 1. The van der Waals surface area contributed by atoms with Crippen LogP contribution in [-0.2, 0) is 6.42 Å². The highest BCUT2D eigenvalue weighted by Gasteiger charge is 2.13. The lowest BCUT2D eigenvalue weighted by Crippen LogP contribution is -2.37. The van der Waals surface area contributed by atoms with Crippen molar-refractivity contribution in [3.63, 3.8) is 0 Å². The summed E-state index contributed by atoms with van der Waals surface area (Å²) in [6.45, 7) is 1.19. The molecule has 4 heteroatoms. The topological polar surface area (TPSA) is 41.1 Å². The van der Waals surface area contributed by atoms with E-state index >= 15 is 0 Å². The van der Waals surface area contributed by atoms with Gasteiger partial charge in [-0.3, -0.25) is 0 Å². The second-order valence-corrected chi connectivity index (χ2v) is 5.82. The summed E-state index contributed by atoms with van der Waals surface area (Å²) in [5, 5.41) is 5.67. The predicted octanol–water partition coefficient (Wildman–Crippen LogP) is 3.64. The minimum atomic E-state index is -0.211. The Hall–Kier alpha value is -1.58. The van der Waals surface area contributed by atoms with Gasteiger partial charge in [0.15, 0.2) is 0 Å². The fraction of sp³-hybridized carbons (Fsp3) is 0.588. The molecule has 0 aliphatic heterocycles. The van der Waals surface area contributed by atoms with E-state index in [0.717, 1.165) is 18.9 Å². The molecular weight excluding hydrogens is 267 g/mol. The van der Waals surface area contributed by atoms with Gasteiger partial charge in [-0.1, -0.05) is 50.3 Å². The summed E-state index contributed by atoms with van der Waals surface area (Å²) in [7, 11) is 0. The first-order valence-corrected chi connectivity index (χ1v) is 8.01. The van der Waals surface area contributed by atoms with Gasteiger partial charge >= 0.3 is 6.03 Å². The molecule has 3 nitrogen and oxygen atoms in total. The lowest BCUT2D eigenvalue weighted by molar-refractivity contribution is 0.239. The van der Waals surface area contributed by atoms with Crippen molar-refractivity contribution < 1.29 is 9.18 Å². The minimum Gasteiger partial charge on any atom is -0.338 e. The van der Waals surface area contributed by atoms with Crippen molar-refractivity contribution in [2.75, 3.05) is 13.1 Å². The lowest BCUT2D eigenvalue weighted by Gasteiger charge is -2.21. The quantitative estimate of drug-likeness (QED) is 0.826. The van der Waals surface area contributed by atoms with Gasteiger partial charge in [0.2, 0.25) is 0 Å². The predicted molar refractivity (Wildman–Crippen MR) is 82.7 cm³/mol. The molecule has 1 aromatic rings. The van der Waals surface area contributed by atoms with E-state index in [1.807, 2.05) is 6.07 Å². The Bertz CT molecular complexity index is 444. The monoisotopic (exact) mass is 292 g/mol. The number of carbonyl (C=O) groups is 1. The van der Waals surface area contributed by atoms with E-state index in [-0.39, 0.29) is 11.8 Å². The summed E-state index contributed by atoms with van der Waals surface area (Å²) >= 11 is 0. The van der Waals surface area contributed by atoms with Gasteiger partial charge in [0, 0.05) is 13.1 Å². The fourth-order valence-corrected chi connectivity index (χ4v) is 2.94. The van der Waals surface area contributed by atoms with Crippen LogP contribution in [0.2, 0.25) is 0 Å². The van der Waals surface area contributed by atoms with Crippen LogP contribution in [0.15, 0.2) is 24.3 Å². The van der Waals surface area contributed by atoms with E-state index in [9.17, 15) is 9.18 Å². The van der Waals surface area contributed by atoms with E-state index in [1.54, 1.807) is 12.1 Å². The van der Waals surface area contributed by atoms with Gasteiger partial charge in [0.05, 0.1) is 0 Å². The highest BCUT2D eigenvalue weighted by Crippen LogP contribution is 2.25. The molecule has 2 N–H and O–H groups in total. The molecule has 0 atom stereocenters. The maximum absolute atomic E-state index is 13.4. The van der Waals surface area contributed by atoms with Crippen molar-refractivity contribution in [1.29, 1.82) is 0 Å². The van der Waals surface area contributed by atoms with Gasteiger partial charge in [-0.15, -0.1) is 0 Å². The summed E-state index contributed by atoms with van der Waals surface area (Å²) in [6.07, 6.45) is 8.22. The zero-order valence-corrected chi connectivity index (χ0v) is 12.5. The van der Waals surface area contributed by atoms with Crippen molar-refractivity contribution in [2.24, 2.45) is 5.92 Å². The number of amides is 2. The first-order valence-electron chi connectivity index (χ1n) is 8.01. The molecule has 1 saturated carbocycles. The van der Waals surface area contributed by atoms with Crippen molar-refractivity contribution in [2.45, 2.75) is 44.9 Å². The minimum absolute atomic E-state index is 0.151. The third-order valence-corrected chi connectivity index (χ3v) is 4.20. The summed E-state index contributed by atoms with van der Waals surface area (Å²) in [5.41, 5.74) is 0.639. The van der Waals surface area contributed by atoms with Gasteiger partial charge in [0.1, 0.15) is 5.82 Å².